The van der Waals surface area contributed by atoms with Gasteiger partial charge in [0.25, 0.3) is 10.2 Å². The van der Waals surface area contributed by atoms with Crippen molar-refractivity contribution in [3.8, 4) is 0 Å². The van der Waals surface area contributed by atoms with E-state index in [2.05, 4.69) is 0 Å². The van der Waals surface area contributed by atoms with Crippen LogP contribution in [-0.4, -0.2) is 20.2 Å². The standard InChI is InChI=1S/C6H7N.C2H8N2O3S/c7-6-4-2-1-3-5-6;1-2-3-8(6,7)4-5/h1-5H,7H2;3-5H,2H2,1H3. The predicted molar refractivity (Wildman–Crippen MR) is 58.4 cm³/mol. The van der Waals surface area contributed by atoms with Crippen LogP contribution in [0.5, 0.6) is 0 Å². The molecule has 0 aliphatic heterocycles. The molecule has 0 aromatic heterocycles. The maximum Gasteiger partial charge on any atom is 0.298 e. The third kappa shape index (κ3) is 7.89. The number of rotatable bonds is 3. The van der Waals surface area contributed by atoms with Gasteiger partial charge < -0.3 is 10.9 Å². The maximum atomic E-state index is 10.1. The Hall–Kier alpha value is -1.15. The highest BCUT2D eigenvalue weighted by molar-refractivity contribution is 7.87. The van der Waals surface area contributed by atoms with E-state index in [1.54, 1.807) is 6.92 Å². The third-order valence-corrected chi connectivity index (χ3v) is 2.16. The predicted octanol–water partition coefficient (Wildman–Crippen LogP) is 0.0883. The van der Waals surface area contributed by atoms with E-state index < -0.39 is 10.2 Å². The first kappa shape index (κ1) is 13.8. The lowest BCUT2D eigenvalue weighted by molar-refractivity contribution is 0.240. The van der Waals surface area contributed by atoms with Gasteiger partial charge >= 0.3 is 0 Å². The second-order valence-corrected chi connectivity index (χ2v) is 3.98. The van der Waals surface area contributed by atoms with Gasteiger partial charge in [0, 0.05) is 12.2 Å². The van der Waals surface area contributed by atoms with E-state index in [1.165, 1.54) is 0 Å². The highest BCUT2D eigenvalue weighted by Gasteiger charge is 2.01. The summed E-state index contributed by atoms with van der Waals surface area (Å²) < 4.78 is 22.2. The Labute approximate surface area is 89.3 Å². The van der Waals surface area contributed by atoms with E-state index in [0.717, 1.165) is 10.6 Å². The normalized spacial score (nSPS) is 10.3. The molecule has 0 saturated heterocycles. The number of hydrogen-bond acceptors (Lipinski definition) is 4. The summed E-state index contributed by atoms with van der Waals surface area (Å²) in [5.41, 5.74) is 6.18. The topological polar surface area (TPSA) is 104 Å². The minimum atomic E-state index is -3.61. The van der Waals surface area contributed by atoms with Crippen LogP contribution in [0.25, 0.3) is 0 Å². The Bertz CT molecular complexity index is 353. The van der Waals surface area contributed by atoms with Gasteiger partial charge in [0.2, 0.25) is 0 Å². The fourth-order valence-corrected chi connectivity index (χ4v) is 1.12. The van der Waals surface area contributed by atoms with Crippen molar-refractivity contribution < 1.29 is 13.6 Å². The summed E-state index contributed by atoms with van der Waals surface area (Å²) in [7, 11) is -3.61. The Morgan fingerprint density at radius 1 is 1.33 bits per heavy atom. The Kier molecular flexibility index (Phi) is 6.63. The molecule has 0 atom stereocenters. The van der Waals surface area contributed by atoms with Gasteiger partial charge in [0.15, 0.2) is 0 Å². The molecular weight excluding hydrogens is 218 g/mol. The quantitative estimate of drug-likeness (QED) is 0.438. The minimum Gasteiger partial charge on any atom is -0.399 e. The molecule has 0 fully saturated rings. The first-order chi connectivity index (χ1) is 7.02. The maximum absolute atomic E-state index is 10.1. The highest BCUT2D eigenvalue weighted by atomic mass is 32.2. The summed E-state index contributed by atoms with van der Waals surface area (Å²) in [5, 5.41) is 7.82. The van der Waals surface area contributed by atoms with Crippen LogP contribution >= 0.6 is 0 Å². The van der Waals surface area contributed by atoms with Crippen molar-refractivity contribution in [1.82, 2.24) is 9.61 Å². The summed E-state index contributed by atoms with van der Waals surface area (Å²) in [6.45, 7) is 1.87. The van der Waals surface area contributed by atoms with Crippen molar-refractivity contribution in [1.29, 1.82) is 0 Å². The van der Waals surface area contributed by atoms with Crippen LogP contribution in [-0.2, 0) is 10.2 Å². The van der Waals surface area contributed by atoms with Gasteiger partial charge in [-0.15, -0.1) is 0 Å². The number of benzene rings is 1. The molecule has 0 bridgehead atoms. The monoisotopic (exact) mass is 233 g/mol. The van der Waals surface area contributed by atoms with E-state index in [9.17, 15) is 8.42 Å². The van der Waals surface area contributed by atoms with Gasteiger partial charge in [0.1, 0.15) is 0 Å². The zero-order valence-corrected chi connectivity index (χ0v) is 9.16. The van der Waals surface area contributed by atoms with E-state index in [1.807, 2.05) is 35.1 Å². The van der Waals surface area contributed by atoms with Gasteiger partial charge in [0.05, 0.1) is 0 Å². The third-order valence-electron chi connectivity index (χ3n) is 1.25. The van der Waals surface area contributed by atoms with E-state index >= 15 is 0 Å². The Morgan fingerprint density at radius 3 is 2.07 bits per heavy atom. The lowest BCUT2D eigenvalue weighted by atomic mass is 10.3. The molecule has 0 heterocycles. The second-order valence-electron chi connectivity index (χ2n) is 2.50. The SMILES string of the molecule is CCNS(=O)(=O)NO.Nc1ccccc1. The summed E-state index contributed by atoms with van der Waals surface area (Å²) in [4.78, 5) is 1.10. The number of anilines is 1. The average Bonchev–Trinajstić information content (AvgIpc) is 2.20. The lowest BCUT2D eigenvalue weighted by Crippen LogP contribution is -2.33. The van der Waals surface area contributed by atoms with Crippen LogP contribution < -0.4 is 15.3 Å². The summed E-state index contributed by atoms with van der Waals surface area (Å²) in [5.74, 6) is 0. The largest absolute Gasteiger partial charge is 0.399 e. The number of nitrogens with one attached hydrogen (secondary N) is 2. The van der Waals surface area contributed by atoms with Crippen molar-refractivity contribution in [3.63, 3.8) is 0 Å². The molecule has 7 heteroatoms. The second kappa shape index (κ2) is 7.18. The van der Waals surface area contributed by atoms with E-state index in [-0.39, 0.29) is 6.54 Å². The molecule has 15 heavy (non-hydrogen) atoms. The molecule has 0 spiro atoms. The molecular formula is C8H15N3O3S. The van der Waals surface area contributed by atoms with E-state index in [4.69, 9.17) is 10.9 Å². The van der Waals surface area contributed by atoms with Crippen LogP contribution in [0.1, 0.15) is 6.92 Å². The van der Waals surface area contributed by atoms with Gasteiger partial charge in [-0.2, -0.15) is 8.42 Å². The van der Waals surface area contributed by atoms with Crippen LogP contribution in [0, 0.1) is 0 Å². The molecule has 0 saturated carbocycles. The van der Waals surface area contributed by atoms with Gasteiger partial charge in [-0.1, -0.05) is 30.0 Å². The van der Waals surface area contributed by atoms with Crippen LogP contribution in [0.4, 0.5) is 5.69 Å². The molecule has 0 unspecified atom stereocenters. The van der Waals surface area contributed by atoms with Gasteiger partial charge in [-0.05, 0) is 12.1 Å². The van der Waals surface area contributed by atoms with Crippen molar-refractivity contribution in [2.75, 3.05) is 12.3 Å². The summed E-state index contributed by atoms with van der Waals surface area (Å²) in [6, 6.07) is 9.49. The first-order valence-electron chi connectivity index (χ1n) is 4.23. The highest BCUT2D eigenvalue weighted by Crippen LogP contribution is 1.95. The number of para-hydroxylation sites is 1. The fraction of sp³-hybridized carbons (Fsp3) is 0.250. The van der Waals surface area contributed by atoms with Crippen molar-refractivity contribution >= 4 is 15.9 Å². The van der Waals surface area contributed by atoms with Crippen molar-refractivity contribution in [2.24, 2.45) is 0 Å². The van der Waals surface area contributed by atoms with E-state index in [0.29, 0.717) is 0 Å². The Balaban J connectivity index is 0.000000262. The fourth-order valence-electron chi connectivity index (χ4n) is 0.675. The molecule has 1 aromatic rings. The van der Waals surface area contributed by atoms with Crippen molar-refractivity contribution in [2.45, 2.75) is 6.92 Å². The molecule has 86 valence electrons. The van der Waals surface area contributed by atoms with Gasteiger partial charge in [-0.25, -0.2) is 4.72 Å². The molecule has 1 rings (SSSR count). The zero-order chi connectivity index (χ0) is 11.7. The molecule has 0 aliphatic carbocycles. The van der Waals surface area contributed by atoms with Crippen LogP contribution in [0.15, 0.2) is 30.3 Å². The summed E-state index contributed by atoms with van der Waals surface area (Å²) in [6.07, 6.45) is 0. The zero-order valence-electron chi connectivity index (χ0n) is 8.34. The van der Waals surface area contributed by atoms with Crippen LogP contribution in [0.3, 0.4) is 0 Å². The molecule has 0 amide bonds. The molecule has 1 aromatic carbocycles. The minimum absolute atomic E-state index is 0.260. The molecule has 0 aliphatic rings. The summed E-state index contributed by atoms with van der Waals surface area (Å²) >= 11 is 0. The Morgan fingerprint density at radius 2 is 1.87 bits per heavy atom. The molecule has 5 N–H and O–H groups in total. The number of nitrogen functional groups attached to an aromatic ring is 1. The molecule has 6 nitrogen and oxygen atoms in total. The average molecular weight is 233 g/mol. The number of nitrogens with two attached hydrogens (primary N) is 1. The van der Waals surface area contributed by atoms with Gasteiger partial charge in [-0.3, -0.25) is 0 Å². The molecule has 0 radical (unpaired) electrons. The smallest absolute Gasteiger partial charge is 0.298 e. The first-order valence-corrected chi connectivity index (χ1v) is 5.71. The lowest BCUT2D eigenvalue weighted by Gasteiger charge is -1.97. The van der Waals surface area contributed by atoms with Crippen LogP contribution in [0.2, 0.25) is 0 Å². The number of hydrogen-bond donors (Lipinski definition) is 4. The van der Waals surface area contributed by atoms with Crippen molar-refractivity contribution in [3.05, 3.63) is 30.3 Å².